The molecule has 0 fully saturated rings. The van der Waals surface area contributed by atoms with E-state index in [-0.39, 0.29) is 5.91 Å². The Kier molecular flexibility index (Phi) is 3.65. The minimum atomic E-state index is -0.201. The zero-order chi connectivity index (χ0) is 14.7. The van der Waals surface area contributed by atoms with E-state index in [2.05, 4.69) is 19.9 Å². The van der Waals surface area contributed by atoms with Crippen LogP contribution in [0.25, 0.3) is 0 Å². The minimum absolute atomic E-state index is 0.201. The number of fused-ring (bicyclic) bond motifs is 1. The average Bonchev–Trinajstić information content (AvgIpc) is 3.00. The second-order valence-corrected chi connectivity index (χ2v) is 5.15. The van der Waals surface area contributed by atoms with E-state index in [4.69, 9.17) is 5.26 Å². The average molecular weight is 281 g/mol. The number of rotatable bonds is 3. The van der Waals surface area contributed by atoms with E-state index < -0.39 is 0 Å². The predicted molar refractivity (Wildman–Crippen MR) is 75.3 cm³/mol. The van der Waals surface area contributed by atoms with Crippen molar-refractivity contribution in [1.82, 2.24) is 19.9 Å². The van der Waals surface area contributed by atoms with E-state index in [9.17, 15) is 4.79 Å². The zero-order valence-electron chi connectivity index (χ0n) is 11.5. The molecule has 1 amide bonds. The molecule has 3 heterocycles. The molecule has 3 rings (SSSR count). The normalized spacial score (nSPS) is 16.8. The Morgan fingerprint density at radius 3 is 3.14 bits per heavy atom. The molecule has 0 aliphatic carbocycles. The fraction of sp³-hybridized carbons (Fsp3) is 0.333. The number of aryl methyl sites for hydroxylation is 1. The number of nitrogens with one attached hydrogen (secondary N) is 1. The highest BCUT2D eigenvalue weighted by atomic mass is 16.1. The molecule has 1 aliphatic rings. The fourth-order valence-electron chi connectivity index (χ4n) is 2.51. The molecule has 0 spiro atoms. The van der Waals surface area contributed by atoms with Gasteiger partial charge in [0.1, 0.15) is 17.6 Å². The van der Waals surface area contributed by atoms with Gasteiger partial charge in [-0.25, -0.2) is 9.97 Å². The SMILES string of the molecule is N#Cc1ccc(C(=O)NC[C@@H]2CCn3ccnc3C2)nc1. The van der Waals surface area contributed by atoms with Gasteiger partial charge in [0.25, 0.3) is 5.91 Å². The maximum Gasteiger partial charge on any atom is 0.269 e. The van der Waals surface area contributed by atoms with Crippen molar-refractivity contribution in [3.05, 3.63) is 47.8 Å². The van der Waals surface area contributed by atoms with Crippen molar-refractivity contribution in [3.63, 3.8) is 0 Å². The van der Waals surface area contributed by atoms with Gasteiger partial charge in [-0.05, 0) is 24.5 Å². The topological polar surface area (TPSA) is 83.6 Å². The lowest BCUT2D eigenvalue weighted by Crippen LogP contribution is -2.33. The Morgan fingerprint density at radius 1 is 1.48 bits per heavy atom. The standard InChI is InChI=1S/C15H15N5O/c16-8-12-1-2-13(18-10-12)15(21)19-9-11-3-5-20-6-4-17-14(20)7-11/h1-2,4,6,10-11H,3,5,7,9H2,(H,19,21)/t11-/m1/s1. The molecule has 6 heteroatoms. The fourth-order valence-corrected chi connectivity index (χ4v) is 2.51. The lowest BCUT2D eigenvalue weighted by Gasteiger charge is -2.23. The van der Waals surface area contributed by atoms with Crippen molar-refractivity contribution in [2.75, 3.05) is 6.54 Å². The second-order valence-electron chi connectivity index (χ2n) is 5.15. The van der Waals surface area contributed by atoms with Crippen LogP contribution in [-0.4, -0.2) is 27.0 Å². The van der Waals surface area contributed by atoms with E-state index in [1.165, 1.54) is 6.20 Å². The van der Waals surface area contributed by atoms with Gasteiger partial charge in [-0.2, -0.15) is 5.26 Å². The molecule has 2 aromatic rings. The van der Waals surface area contributed by atoms with Gasteiger partial charge in [0.05, 0.1) is 5.56 Å². The summed E-state index contributed by atoms with van der Waals surface area (Å²) in [4.78, 5) is 20.3. The van der Waals surface area contributed by atoms with E-state index in [0.717, 1.165) is 25.2 Å². The number of aromatic nitrogens is 3. The molecule has 2 aromatic heterocycles. The largest absolute Gasteiger partial charge is 0.350 e. The summed E-state index contributed by atoms with van der Waals surface area (Å²) in [5, 5.41) is 11.6. The molecule has 0 saturated heterocycles. The number of pyridine rings is 1. The van der Waals surface area contributed by atoms with Gasteiger partial charge in [0, 0.05) is 38.1 Å². The lowest BCUT2D eigenvalue weighted by molar-refractivity contribution is 0.0939. The summed E-state index contributed by atoms with van der Waals surface area (Å²) in [6, 6.07) is 5.15. The number of hydrogen-bond donors (Lipinski definition) is 1. The first-order valence-corrected chi connectivity index (χ1v) is 6.90. The summed E-state index contributed by atoms with van der Waals surface area (Å²) in [6.07, 6.45) is 7.13. The third-order valence-corrected chi connectivity index (χ3v) is 3.73. The Balaban J connectivity index is 1.55. The Labute approximate surface area is 122 Å². The summed E-state index contributed by atoms with van der Waals surface area (Å²) < 4.78 is 2.15. The van der Waals surface area contributed by atoms with Crippen LogP contribution in [0, 0.1) is 17.2 Å². The smallest absolute Gasteiger partial charge is 0.269 e. The maximum absolute atomic E-state index is 12.0. The van der Waals surface area contributed by atoms with Gasteiger partial charge in [-0.15, -0.1) is 0 Å². The number of carbonyl (C=O) groups excluding carboxylic acids is 1. The first-order chi connectivity index (χ1) is 10.3. The third kappa shape index (κ3) is 2.92. The number of carbonyl (C=O) groups is 1. The molecule has 6 nitrogen and oxygen atoms in total. The number of amides is 1. The summed E-state index contributed by atoms with van der Waals surface area (Å²) in [5.74, 6) is 1.28. The molecule has 0 aromatic carbocycles. The molecular weight excluding hydrogens is 266 g/mol. The molecule has 0 unspecified atom stereocenters. The van der Waals surface area contributed by atoms with Crippen LogP contribution in [0.5, 0.6) is 0 Å². The quantitative estimate of drug-likeness (QED) is 0.914. The highest BCUT2D eigenvalue weighted by Crippen LogP contribution is 2.18. The van der Waals surface area contributed by atoms with Crippen LogP contribution >= 0.6 is 0 Å². The van der Waals surface area contributed by atoms with Crippen molar-refractivity contribution in [2.24, 2.45) is 5.92 Å². The van der Waals surface area contributed by atoms with E-state index in [0.29, 0.717) is 23.7 Å². The monoisotopic (exact) mass is 281 g/mol. The van der Waals surface area contributed by atoms with Crippen LogP contribution in [0.4, 0.5) is 0 Å². The van der Waals surface area contributed by atoms with Crippen LogP contribution in [0.3, 0.4) is 0 Å². The lowest BCUT2D eigenvalue weighted by atomic mass is 9.98. The van der Waals surface area contributed by atoms with Crippen LogP contribution in [0.15, 0.2) is 30.7 Å². The van der Waals surface area contributed by atoms with Gasteiger partial charge in [-0.1, -0.05) is 0 Å². The molecular formula is C15H15N5O. The Hall–Kier alpha value is -2.68. The zero-order valence-corrected chi connectivity index (χ0v) is 11.5. The van der Waals surface area contributed by atoms with Gasteiger partial charge in [0.2, 0.25) is 0 Å². The van der Waals surface area contributed by atoms with Gasteiger partial charge in [-0.3, -0.25) is 4.79 Å². The maximum atomic E-state index is 12.0. The Bertz CT molecular complexity index is 683. The first-order valence-electron chi connectivity index (χ1n) is 6.90. The molecule has 21 heavy (non-hydrogen) atoms. The molecule has 1 atom stereocenters. The second kappa shape index (κ2) is 5.75. The Morgan fingerprint density at radius 2 is 2.38 bits per heavy atom. The molecule has 0 saturated carbocycles. The van der Waals surface area contributed by atoms with Crippen LogP contribution in [-0.2, 0) is 13.0 Å². The molecule has 0 bridgehead atoms. The molecule has 1 N–H and O–H groups in total. The van der Waals surface area contributed by atoms with Crippen LogP contribution in [0.2, 0.25) is 0 Å². The van der Waals surface area contributed by atoms with Crippen LogP contribution in [0.1, 0.15) is 28.3 Å². The van der Waals surface area contributed by atoms with Gasteiger partial charge in [0.15, 0.2) is 0 Å². The highest BCUT2D eigenvalue weighted by Gasteiger charge is 2.20. The first kappa shape index (κ1) is 13.3. The number of nitrogens with zero attached hydrogens (tertiary/aromatic N) is 4. The van der Waals surface area contributed by atoms with Gasteiger partial charge >= 0.3 is 0 Å². The minimum Gasteiger partial charge on any atom is -0.350 e. The van der Waals surface area contributed by atoms with Crippen molar-refractivity contribution in [2.45, 2.75) is 19.4 Å². The summed E-state index contributed by atoms with van der Waals surface area (Å²) >= 11 is 0. The van der Waals surface area contributed by atoms with Crippen molar-refractivity contribution in [1.29, 1.82) is 5.26 Å². The highest BCUT2D eigenvalue weighted by molar-refractivity contribution is 5.92. The predicted octanol–water partition coefficient (Wildman–Crippen LogP) is 1.14. The molecule has 1 aliphatic heterocycles. The van der Waals surface area contributed by atoms with E-state index in [1.54, 1.807) is 12.1 Å². The summed E-state index contributed by atoms with van der Waals surface area (Å²) in [7, 11) is 0. The number of nitriles is 1. The van der Waals surface area contributed by atoms with Crippen LogP contribution < -0.4 is 5.32 Å². The van der Waals surface area contributed by atoms with Crippen molar-refractivity contribution in [3.8, 4) is 6.07 Å². The van der Waals surface area contributed by atoms with Crippen molar-refractivity contribution < 1.29 is 4.79 Å². The molecule has 106 valence electrons. The summed E-state index contributed by atoms with van der Waals surface area (Å²) in [6.45, 7) is 1.57. The number of imidazole rings is 1. The van der Waals surface area contributed by atoms with E-state index >= 15 is 0 Å². The van der Waals surface area contributed by atoms with E-state index in [1.807, 2.05) is 18.5 Å². The van der Waals surface area contributed by atoms with Gasteiger partial charge < -0.3 is 9.88 Å². The third-order valence-electron chi connectivity index (χ3n) is 3.73. The molecule has 0 radical (unpaired) electrons. The summed E-state index contributed by atoms with van der Waals surface area (Å²) in [5.41, 5.74) is 0.789. The van der Waals surface area contributed by atoms with Crippen molar-refractivity contribution >= 4 is 5.91 Å². The number of hydrogen-bond acceptors (Lipinski definition) is 4.